The van der Waals surface area contributed by atoms with Crippen LogP contribution in [0.25, 0.3) is 6.08 Å². The maximum Gasteiger partial charge on any atom is 0.0599 e. The fraction of sp³-hybridized carbons (Fsp3) is 0.385. The molecule has 0 fully saturated rings. The van der Waals surface area contributed by atoms with Gasteiger partial charge in [-0.05, 0) is 18.1 Å². The van der Waals surface area contributed by atoms with Crippen LogP contribution >= 0.6 is 0 Å². The van der Waals surface area contributed by atoms with E-state index in [0.29, 0.717) is 12.6 Å². The Morgan fingerprint density at radius 3 is 2.87 bits per heavy atom. The molecular weight excluding hydrogens is 184 g/mol. The third-order valence-corrected chi connectivity index (χ3v) is 2.85. The number of fused-ring (bicyclic) bond motifs is 1. The van der Waals surface area contributed by atoms with Gasteiger partial charge >= 0.3 is 0 Å². The van der Waals surface area contributed by atoms with E-state index in [1.54, 1.807) is 0 Å². The minimum absolute atomic E-state index is 0.361. The normalized spacial score (nSPS) is 19.1. The molecule has 0 saturated carbocycles. The Morgan fingerprint density at radius 2 is 2.13 bits per heavy atom. The average molecular weight is 202 g/mol. The van der Waals surface area contributed by atoms with Crippen LogP contribution in [0.2, 0.25) is 0 Å². The number of hydrogen-bond donors (Lipinski definition) is 1. The number of benzene rings is 1. The van der Waals surface area contributed by atoms with Crippen LogP contribution in [-0.4, -0.2) is 19.1 Å². The highest BCUT2D eigenvalue weighted by atomic mass is 15.2. The maximum absolute atomic E-state index is 5.79. The van der Waals surface area contributed by atoms with Gasteiger partial charge in [0.2, 0.25) is 0 Å². The molecule has 0 radical (unpaired) electrons. The van der Waals surface area contributed by atoms with Crippen molar-refractivity contribution in [2.45, 2.75) is 19.4 Å². The quantitative estimate of drug-likeness (QED) is 0.814. The molecule has 0 bridgehead atoms. The first kappa shape index (κ1) is 10.2. The lowest BCUT2D eigenvalue weighted by molar-refractivity contribution is 0.674. The molecule has 15 heavy (non-hydrogen) atoms. The van der Waals surface area contributed by atoms with E-state index in [2.05, 4.69) is 48.2 Å². The Bertz CT molecular complexity index is 357. The van der Waals surface area contributed by atoms with Gasteiger partial charge in [-0.1, -0.05) is 37.3 Å². The van der Waals surface area contributed by atoms with Gasteiger partial charge in [0.15, 0.2) is 0 Å². The lowest BCUT2D eigenvalue weighted by Crippen LogP contribution is -2.41. The zero-order chi connectivity index (χ0) is 10.7. The summed E-state index contributed by atoms with van der Waals surface area (Å²) < 4.78 is 0. The van der Waals surface area contributed by atoms with Gasteiger partial charge in [-0.15, -0.1) is 0 Å². The molecular formula is C13H18N2. The van der Waals surface area contributed by atoms with Crippen molar-refractivity contribution in [2.75, 3.05) is 18.0 Å². The highest BCUT2D eigenvalue weighted by Crippen LogP contribution is 2.28. The Hall–Kier alpha value is -1.28. The van der Waals surface area contributed by atoms with Crippen molar-refractivity contribution < 1.29 is 0 Å². The zero-order valence-corrected chi connectivity index (χ0v) is 9.19. The van der Waals surface area contributed by atoms with Gasteiger partial charge in [0, 0.05) is 18.8 Å². The third-order valence-electron chi connectivity index (χ3n) is 2.85. The molecule has 2 rings (SSSR count). The second-order valence-corrected chi connectivity index (χ2v) is 3.91. The van der Waals surface area contributed by atoms with E-state index in [0.717, 1.165) is 13.0 Å². The Kier molecular flexibility index (Phi) is 3.07. The van der Waals surface area contributed by atoms with Crippen LogP contribution in [0.4, 0.5) is 5.69 Å². The molecule has 2 N–H and O–H groups in total. The van der Waals surface area contributed by atoms with Gasteiger partial charge in [0.05, 0.1) is 6.04 Å². The first-order valence-corrected chi connectivity index (χ1v) is 5.60. The molecule has 1 aromatic rings. The molecule has 1 aromatic carbocycles. The number of nitrogens with zero attached hydrogens (tertiary/aromatic N) is 1. The van der Waals surface area contributed by atoms with Crippen LogP contribution in [0.3, 0.4) is 0 Å². The van der Waals surface area contributed by atoms with Crippen molar-refractivity contribution in [3.05, 3.63) is 35.9 Å². The summed E-state index contributed by atoms with van der Waals surface area (Å²) in [6.45, 7) is 3.96. The molecule has 0 saturated heterocycles. The summed E-state index contributed by atoms with van der Waals surface area (Å²) in [5, 5.41) is 0. The number of nitrogens with two attached hydrogens (primary N) is 1. The van der Waals surface area contributed by atoms with Crippen LogP contribution < -0.4 is 10.6 Å². The summed E-state index contributed by atoms with van der Waals surface area (Å²) in [5.41, 5.74) is 8.41. The third kappa shape index (κ3) is 1.90. The summed E-state index contributed by atoms with van der Waals surface area (Å²) in [5.74, 6) is 0. The summed E-state index contributed by atoms with van der Waals surface area (Å²) in [6.07, 6.45) is 5.54. The first-order chi connectivity index (χ1) is 7.36. The molecule has 0 aliphatic carbocycles. The van der Waals surface area contributed by atoms with Crippen LogP contribution in [-0.2, 0) is 0 Å². The van der Waals surface area contributed by atoms with Crippen molar-refractivity contribution in [3.8, 4) is 0 Å². The van der Waals surface area contributed by atoms with Crippen LogP contribution in [0, 0.1) is 0 Å². The Balaban J connectivity index is 2.35. The fourth-order valence-corrected chi connectivity index (χ4v) is 2.12. The fourth-order valence-electron chi connectivity index (χ4n) is 2.12. The van der Waals surface area contributed by atoms with E-state index >= 15 is 0 Å². The van der Waals surface area contributed by atoms with Gasteiger partial charge in [0.25, 0.3) is 0 Å². The summed E-state index contributed by atoms with van der Waals surface area (Å²) >= 11 is 0. The predicted octanol–water partition coefficient (Wildman–Crippen LogP) is 2.26. The van der Waals surface area contributed by atoms with Crippen molar-refractivity contribution >= 4 is 11.8 Å². The predicted molar refractivity (Wildman–Crippen MR) is 66.0 cm³/mol. The standard InChI is InChI=1S/C13H18N2/c1-2-9-15-12(10-14)8-7-11-5-3-4-6-13(11)15/h3-8,12H,2,9-10,14H2,1H3. The van der Waals surface area contributed by atoms with E-state index in [9.17, 15) is 0 Å². The number of para-hydroxylation sites is 1. The molecule has 1 aliphatic rings. The Labute approximate surface area is 91.4 Å². The first-order valence-electron chi connectivity index (χ1n) is 5.60. The highest BCUT2D eigenvalue weighted by Gasteiger charge is 2.19. The molecule has 80 valence electrons. The van der Waals surface area contributed by atoms with Crippen molar-refractivity contribution in [3.63, 3.8) is 0 Å². The molecule has 2 nitrogen and oxygen atoms in total. The number of anilines is 1. The van der Waals surface area contributed by atoms with Gasteiger partial charge in [0.1, 0.15) is 0 Å². The van der Waals surface area contributed by atoms with Gasteiger partial charge in [-0.2, -0.15) is 0 Å². The number of hydrogen-bond acceptors (Lipinski definition) is 2. The van der Waals surface area contributed by atoms with Crippen LogP contribution in [0.1, 0.15) is 18.9 Å². The van der Waals surface area contributed by atoms with Crippen molar-refractivity contribution in [2.24, 2.45) is 5.73 Å². The van der Waals surface area contributed by atoms with E-state index in [1.807, 2.05) is 0 Å². The second kappa shape index (κ2) is 4.49. The van der Waals surface area contributed by atoms with Crippen molar-refractivity contribution in [1.82, 2.24) is 0 Å². The Morgan fingerprint density at radius 1 is 1.33 bits per heavy atom. The molecule has 0 spiro atoms. The smallest absolute Gasteiger partial charge is 0.0599 e. The van der Waals surface area contributed by atoms with E-state index in [4.69, 9.17) is 5.73 Å². The van der Waals surface area contributed by atoms with Crippen molar-refractivity contribution in [1.29, 1.82) is 0 Å². The summed E-state index contributed by atoms with van der Waals surface area (Å²) in [7, 11) is 0. The topological polar surface area (TPSA) is 29.3 Å². The summed E-state index contributed by atoms with van der Waals surface area (Å²) in [4.78, 5) is 2.40. The molecule has 1 heterocycles. The molecule has 1 unspecified atom stereocenters. The van der Waals surface area contributed by atoms with E-state index < -0.39 is 0 Å². The van der Waals surface area contributed by atoms with Crippen LogP contribution in [0.5, 0.6) is 0 Å². The zero-order valence-electron chi connectivity index (χ0n) is 9.19. The maximum atomic E-state index is 5.79. The number of rotatable bonds is 3. The SMILES string of the molecule is CCCN1c2ccccc2C=CC1CN. The second-order valence-electron chi connectivity index (χ2n) is 3.91. The molecule has 0 aromatic heterocycles. The largest absolute Gasteiger partial charge is 0.363 e. The van der Waals surface area contributed by atoms with Gasteiger partial charge in [-0.25, -0.2) is 0 Å². The van der Waals surface area contributed by atoms with E-state index in [1.165, 1.54) is 11.3 Å². The average Bonchev–Trinajstić information content (AvgIpc) is 2.30. The van der Waals surface area contributed by atoms with Gasteiger partial charge in [-0.3, -0.25) is 0 Å². The van der Waals surface area contributed by atoms with E-state index in [-0.39, 0.29) is 0 Å². The lowest BCUT2D eigenvalue weighted by Gasteiger charge is -2.35. The van der Waals surface area contributed by atoms with Gasteiger partial charge < -0.3 is 10.6 Å². The lowest BCUT2D eigenvalue weighted by atomic mass is 10.0. The molecule has 1 aliphatic heterocycles. The monoisotopic (exact) mass is 202 g/mol. The molecule has 0 amide bonds. The minimum atomic E-state index is 0.361. The summed E-state index contributed by atoms with van der Waals surface area (Å²) in [6, 6.07) is 8.86. The minimum Gasteiger partial charge on any atom is -0.363 e. The molecule has 1 atom stereocenters. The highest BCUT2D eigenvalue weighted by molar-refractivity contribution is 5.72. The molecule has 2 heteroatoms. The van der Waals surface area contributed by atoms with Crippen LogP contribution in [0.15, 0.2) is 30.3 Å².